The summed E-state index contributed by atoms with van der Waals surface area (Å²) < 4.78 is 47.4. The van der Waals surface area contributed by atoms with E-state index in [2.05, 4.69) is 25.0 Å². The highest BCUT2D eigenvalue weighted by Gasteiger charge is 2.26. The van der Waals surface area contributed by atoms with E-state index < -0.39 is 11.6 Å². The Hall–Kier alpha value is -3.60. The average Bonchev–Trinajstić information content (AvgIpc) is 3.60. The van der Waals surface area contributed by atoms with Crippen molar-refractivity contribution in [3.05, 3.63) is 59.4 Å². The average molecular weight is 498 g/mol. The van der Waals surface area contributed by atoms with Crippen LogP contribution in [0.5, 0.6) is 0 Å². The maximum absolute atomic E-state index is 14.5. The number of anilines is 1. The van der Waals surface area contributed by atoms with E-state index >= 15 is 0 Å². The summed E-state index contributed by atoms with van der Waals surface area (Å²) >= 11 is 0. The van der Waals surface area contributed by atoms with Crippen LogP contribution in [0.4, 0.5) is 19.1 Å². The molecule has 1 saturated carbocycles. The molecule has 4 heterocycles. The molecule has 188 valence electrons. The Morgan fingerprint density at radius 1 is 0.972 bits per heavy atom. The van der Waals surface area contributed by atoms with E-state index in [1.807, 2.05) is 25.7 Å². The first kappa shape index (κ1) is 24.1. The maximum atomic E-state index is 14.5. The van der Waals surface area contributed by atoms with Crippen LogP contribution in [0.25, 0.3) is 22.4 Å². The fourth-order valence-electron chi connectivity index (χ4n) is 4.00. The van der Waals surface area contributed by atoms with E-state index in [-0.39, 0.29) is 17.6 Å². The Kier molecular flexibility index (Phi) is 6.57. The van der Waals surface area contributed by atoms with Crippen molar-refractivity contribution in [1.29, 1.82) is 0 Å². The van der Waals surface area contributed by atoms with Gasteiger partial charge in [-0.1, -0.05) is 0 Å². The fraction of sp³-hybridized carbons (Fsp3) is 0.400. The number of aromatic nitrogens is 6. The number of nitrogens with zero attached hydrogens (tertiary/aromatic N) is 7. The number of rotatable bonds is 3. The second-order valence-electron chi connectivity index (χ2n) is 9.02. The van der Waals surface area contributed by atoms with Crippen LogP contribution >= 0.6 is 0 Å². The summed E-state index contributed by atoms with van der Waals surface area (Å²) in [7, 11) is 0. The molecule has 0 bridgehead atoms. The normalized spacial score (nSPS) is 17.7. The quantitative estimate of drug-likeness (QED) is 0.410. The third-order valence-corrected chi connectivity index (χ3v) is 6.16. The van der Waals surface area contributed by atoms with Gasteiger partial charge < -0.3 is 9.64 Å². The maximum Gasteiger partial charge on any atom is 0.228 e. The van der Waals surface area contributed by atoms with Crippen molar-refractivity contribution in [1.82, 2.24) is 29.7 Å². The summed E-state index contributed by atoms with van der Waals surface area (Å²) in [6, 6.07) is 5.17. The van der Waals surface area contributed by atoms with Crippen LogP contribution in [0, 0.1) is 31.4 Å². The zero-order valence-corrected chi connectivity index (χ0v) is 20.2. The molecule has 1 atom stereocenters. The van der Waals surface area contributed by atoms with E-state index in [1.54, 1.807) is 0 Å². The van der Waals surface area contributed by atoms with E-state index in [4.69, 9.17) is 4.74 Å². The summed E-state index contributed by atoms with van der Waals surface area (Å²) in [5.41, 5.74) is 2.72. The number of halogens is 3. The van der Waals surface area contributed by atoms with Gasteiger partial charge in [0, 0.05) is 30.8 Å². The molecule has 1 aliphatic carbocycles. The zero-order valence-electron chi connectivity index (χ0n) is 20.2. The van der Waals surface area contributed by atoms with Gasteiger partial charge in [-0.3, -0.25) is 0 Å². The molecule has 2 aliphatic rings. The highest BCUT2D eigenvalue weighted by molar-refractivity contribution is 5.88. The molecule has 1 unspecified atom stereocenters. The molecular weight excluding hydrogens is 471 g/mol. The number of fused-ring (bicyclic) bond motifs is 1. The molecule has 2 fully saturated rings. The van der Waals surface area contributed by atoms with Crippen LogP contribution in [-0.2, 0) is 4.74 Å². The Balaban J connectivity index is 0.000000247. The van der Waals surface area contributed by atoms with Crippen LogP contribution in [0.3, 0.4) is 0 Å². The Morgan fingerprint density at radius 3 is 2.42 bits per heavy atom. The van der Waals surface area contributed by atoms with Gasteiger partial charge in [-0.25, -0.2) is 28.4 Å². The van der Waals surface area contributed by atoms with Crippen molar-refractivity contribution in [3.8, 4) is 11.3 Å². The minimum atomic E-state index is -0.698. The molecule has 1 aliphatic heterocycles. The predicted octanol–water partition coefficient (Wildman–Crippen LogP) is 4.56. The van der Waals surface area contributed by atoms with E-state index in [0.717, 1.165) is 24.6 Å². The van der Waals surface area contributed by atoms with Gasteiger partial charge in [0.25, 0.3) is 0 Å². The van der Waals surface area contributed by atoms with Gasteiger partial charge in [0.1, 0.15) is 22.8 Å². The van der Waals surface area contributed by atoms with Crippen molar-refractivity contribution in [2.24, 2.45) is 0 Å². The lowest BCUT2D eigenvalue weighted by Crippen LogP contribution is -2.42. The number of hydrogen-bond donors (Lipinski definition) is 0. The van der Waals surface area contributed by atoms with Crippen molar-refractivity contribution >= 4 is 17.1 Å². The van der Waals surface area contributed by atoms with Crippen molar-refractivity contribution in [2.75, 3.05) is 24.6 Å². The SMILES string of the molecule is Cc1nc2nc(N3CCOC(C)C3)nc(-c3ccc(F)cc3F)c2nc1C.Fc1ccnn1C1CC1. The van der Waals surface area contributed by atoms with E-state index in [0.29, 0.717) is 54.2 Å². The molecule has 1 aromatic carbocycles. The number of hydrogen-bond acceptors (Lipinski definition) is 7. The second kappa shape index (κ2) is 9.81. The molecule has 11 heteroatoms. The van der Waals surface area contributed by atoms with Gasteiger partial charge in [0.2, 0.25) is 11.9 Å². The van der Waals surface area contributed by atoms with Crippen molar-refractivity contribution in [2.45, 2.75) is 45.8 Å². The highest BCUT2D eigenvalue weighted by Crippen LogP contribution is 2.34. The molecule has 0 amide bonds. The third-order valence-electron chi connectivity index (χ3n) is 6.16. The lowest BCUT2D eigenvalue weighted by atomic mass is 10.1. The Morgan fingerprint density at radius 2 is 1.75 bits per heavy atom. The number of benzene rings is 1. The molecule has 6 rings (SSSR count). The molecule has 3 aromatic heterocycles. The minimum Gasteiger partial charge on any atom is -0.375 e. The smallest absolute Gasteiger partial charge is 0.228 e. The lowest BCUT2D eigenvalue weighted by Gasteiger charge is -2.31. The summed E-state index contributed by atoms with van der Waals surface area (Å²) in [6.07, 6.45) is 3.69. The summed E-state index contributed by atoms with van der Waals surface area (Å²) in [6.45, 7) is 7.44. The van der Waals surface area contributed by atoms with Gasteiger partial charge in [-0.15, -0.1) is 0 Å². The van der Waals surface area contributed by atoms with Gasteiger partial charge in [0.15, 0.2) is 5.65 Å². The highest BCUT2D eigenvalue weighted by atomic mass is 19.1. The first-order chi connectivity index (χ1) is 17.3. The van der Waals surface area contributed by atoms with Crippen LogP contribution in [0.1, 0.15) is 37.2 Å². The van der Waals surface area contributed by atoms with Crippen LogP contribution in [0.15, 0.2) is 30.5 Å². The van der Waals surface area contributed by atoms with E-state index in [1.165, 1.54) is 29.1 Å². The van der Waals surface area contributed by atoms with Crippen LogP contribution in [0.2, 0.25) is 0 Å². The van der Waals surface area contributed by atoms with Gasteiger partial charge in [0.05, 0.1) is 36.3 Å². The van der Waals surface area contributed by atoms with Crippen LogP contribution in [-0.4, -0.2) is 55.5 Å². The topological polar surface area (TPSA) is 81.8 Å². The Bertz CT molecular complexity index is 1410. The first-order valence-corrected chi connectivity index (χ1v) is 11.8. The standard InChI is InChI=1S/C19H19F2N5O.C6H7FN2/c1-10-9-26(6-7-27-10)19-24-16(14-5-4-13(20)8-15(14)21)17-18(25-19)23-12(3)11(2)22-17;7-6-3-4-8-9(6)5-1-2-5/h4-5,8,10H,6-7,9H2,1-3H3;3-5H,1-2H2. The van der Waals surface area contributed by atoms with Gasteiger partial charge in [-0.2, -0.15) is 14.5 Å². The second-order valence-corrected chi connectivity index (χ2v) is 9.02. The number of ether oxygens (including phenoxy) is 1. The summed E-state index contributed by atoms with van der Waals surface area (Å²) in [4.78, 5) is 20.2. The largest absolute Gasteiger partial charge is 0.375 e. The molecule has 0 spiro atoms. The molecule has 0 N–H and O–H groups in total. The van der Waals surface area contributed by atoms with Crippen molar-refractivity contribution in [3.63, 3.8) is 0 Å². The minimum absolute atomic E-state index is 0.0369. The molecule has 8 nitrogen and oxygen atoms in total. The zero-order chi connectivity index (χ0) is 25.4. The van der Waals surface area contributed by atoms with Gasteiger partial charge >= 0.3 is 0 Å². The number of aryl methyl sites for hydroxylation is 2. The molecule has 4 aromatic rings. The predicted molar refractivity (Wildman–Crippen MR) is 128 cm³/mol. The molecule has 36 heavy (non-hydrogen) atoms. The van der Waals surface area contributed by atoms with Gasteiger partial charge in [-0.05, 0) is 45.7 Å². The lowest BCUT2D eigenvalue weighted by molar-refractivity contribution is 0.0526. The third kappa shape index (κ3) is 5.01. The summed E-state index contributed by atoms with van der Waals surface area (Å²) in [5, 5.41) is 3.82. The molecular formula is C25H26F3N7O. The number of morpholine rings is 1. The van der Waals surface area contributed by atoms with Crippen molar-refractivity contribution < 1.29 is 17.9 Å². The first-order valence-electron chi connectivity index (χ1n) is 11.8. The Labute approximate surface area is 206 Å². The fourth-order valence-corrected chi connectivity index (χ4v) is 4.00. The monoisotopic (exact) mass is 497 g/mol. The molecule has 1 saturated heterocycles. The van der Waals surface area contributed by atoms with Crippen LogP contribution < -0.4 is 4.90 Å². The molecule has 0 radical (unpaired) electrons. The summed E-state index contributed by atoms with van der Waals surface area (Å²) in [5.74, 6) is -1.11. The van der Waals surface area contributed by atoms with E-state index in [9.17, 15) is 13.2 Å².